The first-order valence-corrected chi connectivity index (χ1v) is 24.1. The zero-order valence-electron chi connectivity index (χ0n) is 43.0. The molecule has 388 valence electrons. The molecule has 19 heteroatoms. The molecule has 72 heavy (non-hydrogen) atoms. The predicted molar refractivity (Wildman–Crippen MR) is 281 cm³/mol. The van der Waals surface area contributed by atoms with Crippen LogP contribution in [0.15, 0.2) is 73.1 Å². The summed E-state index contributed by atoms with van der Waals surface area (Å²) in [5.74, 6) is 13.2. The smallest absolute Gasteiger partial charge is 0.246 e. The van der Waals surface area contributed by atoms with Gasteiger partial charge in [0.1, 0.15) is 29.3 Å². The van der Waals surface area contributed by atoms with Crippen LogP contribution in [0.1, 0.15) is 76.8 Å². The lowest BCUT2D eigenvalue weighted by Gasteiger charge is -2.23. The Labute approximate surface area is 424 Å². The molecule has 0 aliphatic carbocycles. The van der Waals surface area contributed by atoms with Crippen LogP contribution in [0.2, 0.25) is 0 Å². The maximum atomic E-state index is 13.5. The number of carbonyl (C=O) groups excluding carboxylic acids is 3. The highest BCUT2D eigenvalue weighted by Crippen LogP contribution is 2.20. The lowest BCUT2D eigenvalue weighted by molar-refractivity contribution is -0.135. The van der Waals surface area contributed by atoms with Gasteiger partial charge in [0, 0.05) is 103 Å². The minimum absolute atomic E-state index is 0.0319. The van der Waals surface area contributed by atoms with E-state index >= 15 is 0 Å². The summed E-state index contributed by atoms with van der Waals surface area (Å²) in [6, 6.07) is 11.6. The molecule has 17 nitrogen and oxygen atoms in total. The van der Waals surface area contributed by atoms with E-state index in [-0.39, 0.29) is 35.3 Å². The molecular weight excluding hydrogens is 923 g/mol. The Morgan fingerprint density at radius 1 is 0.708 bits per heavy atom. The molecule has 0 saturated carbocycles. The molecule has 2 aromatic heterocycles. The Morgan fingerprint density at radius 3 is 1.64 bits per heavy atom. The molecule has 0 unspecified atom stereocenters. The minimum atomic E-state index is -0.592. The number of nitrogens with one attached hydrogen (secondary N) is 6. The largest absolute Gasteiger partial charge is 0.385 e. The van der Waals surface area contributed by atoms with Crippen LogP contribution in [-0.2, 0) is 23.9 Å². The van der Waals surface area contributed by atoms with Gasteiger partial charge in [-0.2, -0.15) is 9.97 Å². The van der Waals surface area contributed by atoms with Crippen molar-refractivity contribution in [2.75, 3.05) is 103 Å². The number of unbranched alkanes of at least 4 members (excludes halogenated alkanes) is 2. The Bertz CT molecular complexity index is 2450. The van der Waals surface area contributed by atoms with Crippen LogP contribution in [0.4, 0.5) is 43.7 Å². The van der Waals surface area contributed by atoms with E-state index in [9.17, 15) is 23.2 Å². The molecule has 0 bridgehead atoms. The molecule has 4 aromatic rings. The van der Waals surface area contributed by atoms with Crippen molar-refractivity contribution in [2.45, 2.75) is 71.8 Å². The fraction of sp³-hybridized carbons (Fsp3) is 0.453. The number of likely N-dealkylation sites (N-methyl/N-ethyl adjacent to an activating group) is 2. The minimum Gasteiger partial charge on any atom is -0.385 e. The van der Waals surface area contributed by atoms with Crippen molar-refractivity contribution in [1.82, 2.24) is 40.4 Å². The van der Waals surface area contributed by atoms with Crippen LogP contribution in [0.25, 0.3) is 0 Å². The number of carbonyl (C=O) groups is 3. The third-order valence-electron chi connectivity index (χ3n) is 10.5. The van der Waals surface area contributed by atoms with Gasteiger partial charge < -0.3 is 51.2 Å². The average molecular weight is 995 g/mol. The first kappa shape index (κ1) is 59.1. The SMILES string of the molecule is CC[C@@H](C)C(=O)NCCCC#Cc1cnc(Nc2cccc(F)c2)nc1NCCCOC.COCCCNc1nc(Nc2cccc(F)c2)ncc1C#CCCCNC(=O)[C@H](C)N(C)C(=O)/C=C/CN(C)C. The third-order valence-corrected chi connectivity index (χ3v) is 10.5. The second-order valence-corrected chi connectivity index (χ2v) is 16.7. The van der Waals surface area contributed by atoms with Gasteiger partial charge in [0.25, 0.3) is 0 Å². The number of benzene rings is 2. The van der Waals surface area contributed by atoms with Gasteiger partial charge in [0.2, 0.25) is 29.6 Å². The van der Waals surface area contributed by atoms with Gasteiger partial charge in [0.15, 0.2) is 0 Å². The zero-order chi connectivity index (χ0) is 52.5. The van der Waals surface area contributed by atoms with Crippen molar-refractivity contribution < 1.29 is 32.6 Å². The number of methoxy groups -OCH3 is 2. The Balaban J connectivity index is 0.000000390. The van der Waals surface area contributed by atoms with Gasteiger partial charge in [0.05, 0.1) is 23.5 Å². The molecule has 3 amide bonds. The van der Waals surface area contributed by atoms with E-state index < -0.39 is 6.04 Å². The van der Waals surface area contributed by atoms with E-state index in [1.54, 1.807) is 70.9 Å². The highest BCUT2D eigenvalue weighted by atomic mass is 19.1. The summed E-state index contributed by atoms with van der Waals surface area (Å²) >= 11 is 0. The maximum absolute atomic E-state index is 13.5. The molecular formula is C53H72F2N12O5. The molecule has 0 radical (unpaired) electrons. The van der Waals surface area contributed by atoms with E-state index in [1.165, 1.54) is 35.2 Å². The number of ether oxygens (including phenoxy) is 2. The summed E-state index contributed by atoms with van der Waals surface area (Å²) in [6.07, 6.45) is 11.5. The number of rotatable bonds is 27. The summed E-state index contributed by atoms with van der Waals surface area (Å²) in [4.78, 5) is 57.5. The van der Waals surface area contributed by atoms with Crippen LogP contribution in [-0.4, -0.2) is 135 Å². The van der Waals surface area contributed by atoms with Gasteiger partial charge in [-0.15, -0.1) is 0 Å². The van der Waals surface area contributed by atoms with Crippen molar-refractivity contribution in [3.05, 3.63) is 95.8 Å². The number of nitrogens with zero attached hydrogens (tertiary/aromatic N) is 6. The summed E-state index contributed by atoms with van der Waals surface area (Å²) in [5.41, 5.74) is 2.41. The van der Waals surface area contributed by atoms with Gasteiger partial charge >= 0.3 is 0 Å². The van der Waals surface area contributed by atoms with E-state index in [1.807, 2.05) is 32.8 Å². The highest BCUT2D eigenvalue weighted by Gasteiger charge is 2.20. The molecule has 0 spiro atoms. The van der Waals surface area contributed by atoms with Gasteiger partial charge in [-0.25, -0.2) is 18.7 Å². The fourth-order valence-electron chi connectivity index (χ4n) is 6.02. The van der Waals surface area contributed by atoms with Crippen molar-refractivity contribution in [2.24, 2.45) is 5.92 Å². The van der Waals surface area contributed by atoms with Crippen molar-refractivity contribution in [1.29, 1.82) is 0 Å². The Morgan fingerprint density at radius 2 is 1.19 bits per heavy atom. The fourth-order valence-corrected chi connectivity index (χ4v) is 6.02. The molecule has 0 saturated heterocycles. The summed E-state index contributed by atoms with van der Waals surface area (Å²) in [5, 5.41) is 18.3. The molecule has 0 aliphatic rings. The maximum Gasteiger partial charge on any atom is 0.246 e. The highest BCUT2D eigenvalue weighted by molar-refractivity contribution is 5.92. The Kier molecular flexibility index (Phi) is 28.1. The van der Waals surface area contributed by atoms with Crippen LogP contribution in [0, 0.1) is 41.2 Å². The van der Waals surface area contributed by atoms with Crippen molar-refractivity contribution in [3.8, 4) is 23.7 Å². The van der Waals surface area contributed by atoms with E-state index in [2.05, 4.69) is 75.5 Å². The average Bonchev–Trinajstić information content (AvgIpc) is 3.36. The molecule has 0 aliphatic heterocycles. The summed E-state index contributed by atoms with van der Waals surface area (Å²) in [7, 11) is 8.75. The topological polar surface area (TPSA) is 200 Å². The number of aromatic nitrogens is 4. The summed E-state index contributed by atoms with van der Waals surface area (Å²) < 4.78 is 37.2. The first-order chi connectivity index (χ1) is 34.7. The molecule has 2 atom stereocenters. The molecule has 4 rings (SSSR count). The molecule has 0 fully saturated rings. The predicted octanol–water partition coefficient (Wildman–Crippen LogP) is 7.12. The zero-order valence-corrected chi connectivity index (χ0v) is 43.0. The number of anilines is 6. The van der Waals surface area contributed by atoms with Gasteiger partial charge in [-0.1, -0.05) is 55.7 Å². The summed E-state index contributed by atoms with van der Waals surface area (Å²) in [6.45, 7) is 9.84. The van der Waals surface area contributed by atoms with E-state index in [4.69, 9.17) is 9.47 Å². The van der Waals surface area contributed by atoms with Gasteiger partial charge in [-0.05, 0) is 89.5 Å². The number of halogens is 2. The first-order valence-electron chi connectivity index (χ1n) is 24.1. The standard InChI is InChI=1S/C29H40FN7O3.C24H32FN5O2/c1-22(37(4)26(38)15-10-18-36(2)3)28(39)32-16-8-6-7-12-23-21-33-29(34-25-14-9-13-24(30)20-25)35-27(23)31-17-11-19-40-5;1-4-18(2)23(31)27-13-7-5-6-10-19-17-28-24(29-21-12-8-11-20(25)16-21)30-22(19)26-14-9-15-32-3/h9-10,13-15,20-22H,6,8,11,16-19H2,1-5H3,(H,32,39)(H2,31,33,34,35);8,11-12,16-18H,4-5,7,9,13-15H2,1-3H3,(H,27,31)(H2,26,28,29,30)/b15-10+;/t22-;18-/m01/s1. The lowest BCUT2D eigenvalue weighted by atomic mass is 10.1. The quantitative estimate of drug-likeness (QED) is 0.0200. The van der Waals surface area contributed by atoms with Crippen LogP contribution >= 0.6 is 0 Å². The second kappa shape index (κ2) is 34.2. The number of hydrogen-bond acceptors (Lipinski definition) is 14. The monoisotopic (exact) mass is 995 g/mol. The van der Waals surface area contributed by atoms with Crippen molar-refractivity contribution in [3.63, 3.8) is 0 Å². The normalized spacial score (nSPS) is 11.4. The van der Waals surface area contributed by atoms with Gasteiger partial charge in [-0.3, -0.25) is 14.4 Å². The molecule has 2 aromatic carbocycles. The third kappa shape index (κ3) is 23.6. The molecule has 6 N–H and O–H groups in total. The van der Waals surface area contributed by atoms with E-state index in [0.717, 1.165) is 25.7 Å². The second-order valence-electron chi connectivity index (χ2n) is 16.7. The van der Waals surface area contributed by atoms with Crippen molar-refractivity contribution >= 4 is 52.6 Å². The van der Waals surface area contributed by atoms with E-state index in [0.29, 0.717) is 111 Å². The number of hydrogen-bond donors (Lipinski definition) is 6. The lowest BCUT2D eigenvalue weighted by Crippen LogP contribution is -2.45. The number of amides is 3. The van der Waals surface area contributed by atoms with Crippen LogP contribution in [0.5, 0.6) is 0 Å². The Hall–Kier alpha value is -7.19. The van der Waals surface area contributed by atoms with Crippen LogP contribution < -0.4 is 31.9 Å². The molecule has 2 heterocycles. The van der Waals surface area contributed by atoms with Crippen LogP contribution in [0.3, 0.4) is 0 Å².